The van der Waals surface area contributed by atoms with Gasteiger partial charge < -0.3 is 0 Å². The summed E-state index contributed by atoms with van der Waals surface area (Å²) in [6, 6.07) is 6.64. The quantitative estimate of drug-likeness (QED) is 0.549. The highest BCUT2D eigenvalue weighted by molar-refractivity contribution is 7.98. The second-order valence-corrected chi connectivity index (χ2v) is 10.2. The monoisotopic (exact) mass is 429 g/mol. The van der Waals surface area contributed by atoms with Gasteiger partial charge in [0.25, 0.3) is 0 Å². The van der Waals surface area contributed by atoms with E-state index < -0.39 is 11.7 Å². The number of nitrogens with zero attached hydrogens (tertiary/aromatic N) is 3. The molecule has 0 aromatic carbocycles. The zero-order valence-corrected chi connectivity index (χ0v) is 17.3. The fraction of sp³-hybridized carbons (Fsp3) is 0.522. The van der Waals surface area contributed by atoms with E-state index in [1.807, 2.05) is 12.1 Å². The predicted molar refractivity (Wildman–Crippen MR) is 108 cm³/mol. The van der Waals surface area contributed by atoms with Gasteiger partial charge in [-0.3, -0.25) is 4.98 Å². The highest BCUT2D eigenvalue weighted by Crippen LogP contribution is 2.60. The molecule has 7 heteroatoms. The molecule has 2 aromatic rings. The molecule has 4 aliphatic rings. The number of thioether (sulfide) groups is 1. The predicted octanol–water partition coefficient (Wildman–Crippen LogP) is 6.13. The Hall–Kier alpha value is -2.07. The highest BCUT2D eigenvalue weighted by atomic mass is 32.2. The van der Waals surface area contributed by atoms with E-state index in [9.17, 15) is 18.4 Å². The van der Waals surface area contributed by atoms with Crippen LogP contribution in [0.15, 0.2) is 35.6 Å². The number of nitriles is 1. The fourth-order valence-electron chi connectivity index (χ4n) is 6.28. The molecule has 0 amide bonds. The molecule has 0 radical (unpaired) electrons. The number of alkyl halides is 3. The Balaban J connectivity index is 1.57. The molecule has 0 saturated heterocycles. The van der Waals surface area contributed by atoms with Crippen LogP contribution in [0.1, 0.15) is 60.9 Å². The first-order valence-corrected chi connectivity index (χ1v) is 11.4. The molecular formula is C23H22F3N3S. The van der Waals surface area contributed by atoms with Gasteiger partial charge in [-0.2, -0.15) is 18.4 Å². The van der Waals surface area contributed by atoms with Gasteiger partial charge in [-0.15, -0.1) is 11.8 Å². The number of hydrogen-bond acceptors (Lipinski definition) is 4. The minimum Gasteiger partial charge on any atom is -0.265 e. The first-order valence-electron chi connectivity index (χ1n) is 10.4. The third kappa shape index (κ3) is 3.49. The normalized spacial score (nSPS) is 29.7. The summed E-state index contributed by atoms with van der Waals surface area (Å²) in [5, 5.41) is 9.78. The van der Waals surface area contributed by atoms with Gasteiger partial charge in [-0.1, -0.05) is 0 Å². The van der Waals surface area contributed by atoms with Crippen LogP contribution in [0.4, 0.5) is 13.2 Å². The maximum Gasteiger partial charge on any atom is 0.417 e. The van der Waals surface area contributed by atoms with Gasteiger partial charge in [0.15, 0.2) is 0 Å². The van der Waals surface area contributed by atoms with E-state index >= 15 is 0 Å². The number of halogens is 3. The Kier molecular flexibility index (Phi) is 4.81. The van der Waals surface area contributed by atoms with Crippen molar-refractivity contribution in [3.8, 4) is 6.07 Å². The molecule has 0 atom stereocenters. The van der Waals surface area contributed by atoms with Crippen LogP contribution in [0.2, 0.25) is 0 Å². The Labute approximate surface area is 178 Å². The number of pyridine rings is 2. The average molecular weight is 430 g/mol. The number of aromatic nitrogens is 2. The molecule has 2 heterocycles. The van der Waals surface area contributed by atoms with Crippen LogP contribution in [0.3, 0.4) is 0 Å². The lowest BCUT2D eigenvalue weighted by Gasteiger charge is -2.56. The fourth-order valence-corrected chi connectivity index (χ4v) is 7.24. The van der Waals surface area contributed by atoms with Crippen molar-refractivity contribution in [1.29, 1.82) is 5.26 Å². The molecule has 4 fully saturated rings. The van der Waals surface area contributed by atoms with Crippen molar-refractivity contribution in [3.63, 3.8) is 0 Å². The van der Waals surface area contributed by atoms with Gasteiger partial charge >= 0.3 is 6.18 Å². The third-order valence-corrected chi connectivity index (χ3v) is 8.16. The van der Waals surface area contributed by atoms with Crippen LogP contribution in [0.25, 0.3) is 0 Å². The van der Waals surface area contributed by atoms with Crippen molar-refractivity contribution in [2.45, 2.75) is 60.9 Å². The summed E-state index contributed by atoms with van der Waals surface area (Å²) in [6.07, 6.45) is 5.18. The molecule has 0 N–H and O–H groups in total. The molecule has 6 rings (SSSR count). The third-order valence-electron chi connectivity index (χ3n) is 7.11. The molecular weight excluding hydrogens is 407 g/mol. The molecule has 30 heavy (non-hydrogen) atoms. The highest BCUT2D eigenvalue weighted by Gasteiger charge is 2.53. The Bertz CT molecular complexity index is 962. The zero-order chi connectivity index (χ0) is 20.9. The minimum absolute atomic E-state index is 0.204. The summed E-state index contributed by atoms with van der Waals surface area (Å²) in [7, 11) is 0. The van der Waals surface area contributed by atoms with Gasteiger partial charge in [0.1, 0.15) is 11.1 Å². The topological polar surface area (TPSA) is 49.6 Å². The summed E-state index contributed by atoms with van der Waals surface area (Å²) in [6.45, 7) is 0. The van der Waals surface area contributed by atoms with Crippen LogP contribution in [0.5, 0.6) is 0 Å². The molecule has 0 aliphatic heterocycles. The van der Waals surface area contributed by atoms with Gasteiger partial charge in [-0.25, -0.2) is 4.98 Å². The average Bonchev–Trinajstić information content (AvgIpc) is 2.70. The summed E-state index contributed by atoms with van der Waals surface area (Å²) in [5.41, 5.74) is 0.0620. The van der Waals surface area contributed by atoms with E-state index in [0.717, 1.165) is 24.8 Å². The van der Waals surface area contributed by atoms with Crippen molar-refractivity contribution in [2.75, 3.05) is 0 Å². The standard InChI is InChI=1S/C23H22F3N3S/c24-23(25,26)19-8-20(22-9-15-5-16(10-22)7-17(6-15)11-22)29-21(18(19)12-27)30-13-14-1-3-28-4-2-14/h1-4,8,15-17H,5-7,9-11,13H2. The van der Waals surface area contributed by atoms with Gasteiger partial charge in [0.05, 0.1) is 11.1 Å². The molecule has 156 valence electrons. The van der Waals surface area contributed by atoms with Gasteiger partial charge in [0.2, 0.25) is 0 Å². The molecule has 3 nitrogen and oxygen atoms in total. The Morgan fingerprint density at radius 3 is 2.20 bits per heavy atom. The zero-order valence-electron chi connectivity index (χ0n) is 16.5. The molecule has 0 spiro atoms. The van der Waals surface area contributed by atoms with Crippen LogP contribution < -0.4 is 0 Å². The van der Waals surface area contributed by atoms with Crippen molar-refractivity contribution < 1.29 is 13.2 Å². The van der Waals surface area contributed by atoms with Crippen LogP contribution in [-0.2, 0) is 17.3 Å². The molecule has 4 aliphatic carbocycles. The molecule has 4 saturated carbocycles. The molecule has 4 bridgehead atoms. The summed E-state index contributed by atoms with van der Waals surface area (Å²) < 4.78 is 41.8. The minimum atomic E-state index is -4.57. The second-order valence-electron chi connectivity index (χ2n) is 9.19. The largest absolute Gasteiger partial charge is 0.417 e. The van der Waals surface area contributed by atoms with Crippen LogP contribution in [0, 0.1) is 29.1 Å². The van der Waals surface area contributed by atoms with E-state index in [1.165, 1.54) is 37.1 Å². The lowest BCUT2D eigenvalue weighted by atomic mass is 9.48. The van der Waals surface area contributed by atoms with E-state index in [-0.39, 0.29) is 16.0 Å². The maximum atomic E-state index is 13.9. The van der Waals surface area contributed by atoms with Crippen molar-refractivity contribution in [3.05, 3.63) is 53.0 Å². The van der Waals surface area contributed by atoms with Crippen molar-refractivity contribution in [1.82, 2.24) is 9.97 Å². The SMILES string of the molecule is N#Cc1c(C(F)(F)F)cc(C23CC4CC(CC(C4)C2)C3)nc1SCc1ccncc1. The van der Waals surface area contributed by atoms with Gasteiger partial charge in [0, 0.05) is 29.3 Å². The lowest BCUT2D eigenvalue weighted by molar-refractivity contribution is -0.138. The van der Waals surface area contributed by atoms with Crippen molar-refractivity contribution >= 4 is 11.8 Å². The van der Waals surface area contributed by atoms with Crippen molar-refractivity contribution in [2.24, 2.45) is 17.8 Å². The number of rotatable bonds is 4. The van der Waals surface area contributed by atoms with Crippen LogP contribution in [-0.4, -0.2) is 9.97 Å². The van der Waals surface area contributed by atoms with E-state index in [2.05, 4.69) is 4.98 Å². The first-order chi connectivity index (χ1) is 14.4. The Morgan fingerprint density at radius 2 is 1.67 bits per heavy atom. The second kappa shape index (κ2) is 7.26. The van der Waals surface area contributed by atoms with E-state index in [0.29, 0.717) is 29.2 Å². The maximum absolute atomic E-state index is 13.9. The van der Waals surface area contributed by atoms with E-state index in [4.69, 9.17) is 4.98 Å². The van der Waals surface area contributed by atoms with E-state index in [1.54, 1.807) is 18.5 Å². The number of hydrogen-bond donors (Lipinski definition) is 0. The molecule has 2 aromatic heterocycles. The summed E-state index contributed by atoms with van der Waals surface area (Å²) in [5.74, 6) is 2.27. The van der Waals surface area contributed by atoms with Crippen LogP contribution >= 0.6 is 11.8 Å². The first kappa shape index (κ1) is 19.9. The lowest BCUT2D eigenvalue weighted by Crippen LogP contribution is -2.49. The molecule has 0 unspecified atom stereocenters. The smallest absolute Gasteiger partial charge is 0.265 e. The Morgan fingerprint density at radius 1 is 1.07 bits per heavy atom. The van der Waals surface area contributed by atoms with Gasteiger partial charge in [-0.05, 0) is 80.0 Å². The summed E-state index contributed by atoms with van der Waals surface area (Å²) in [4.78, 5) is 8.72. The summed E-state index contributed by atoms with van der Waals surface area (Å²) >= 11 is 1.21.